The zero-order valence-electron chi connectivity index (χ0n) is 10.8. The Morgan fingerprint density at radius 1 is 1.14 bits per heavy atom. The molecule has 0 radical (unpaired) electrons. The highest BCUT2D eigenvalue weighted by atomic mass is 79.9. The third-order valence-corrected chi connectivity index (χ3v) is 4.13. The van der Waals surface area contributed by atoms with Crippen molar-refractivity contribution < 1.29 is 13.2 Å². The molecule has 0 aliphatic heterocycles. The SMILES string of the molecule is Br.Nc1cc(CBr)cc(S(N)(=O)=O)c1Oc1ccccc1. The predicted molar refractivity (Wildman–Crippen MR) is 91.7 cm³/mol. The van der Waals surface area contributed by atoms with Crippen LogP contribution in [-0.2, 0) is 15.4 Å². The number of nitrogens with two attached hydrogens (primary N) is 2. The molecule has 2 rings (SSSR count). The third kappa shape index (κ3) is 4.44. The minimum atomic E-state index is -3.93. The third-order valence-electron chi connectivity index (χ3n) is 2.57. The first kappa shape index (κ1) is 18.0. The van der Waals surface area contributed by atoms with E-state index in [1.54, 1.807) is 30.3 Å². The molecule has 0 unspecified atom stereocenters. The van der Waals surface area contributed by atoms with E-state index in [4.69, 9.17) is 15.6 Å². The molecule has 21 heavy (non-hydrogen) atoms. The van der Waals surface area contributed by atoms with Gasteiger partial charge >= 0.3 is 0 Å². The van der Waals surface area contributed by atoms with Gasteiger partial charge in [0.05, 0.1) is 5.69 Å². The van der Waals surface area contributed by atoms with Crippen molar-refractivity contribution in [1.82, 2.24) is 0 Å². The fourth-order valence-corrected chi connectivity index (χ4v) is 2.74. The van der Waals surface area contributed by atoms with E-state index in [1.807, 2.05) is 6.07 Å². The van der Waals surface area contributed by atoms with Gasteiger partial charge in [0, 0.05) is 5.33 Å². The second kappa shape index (κ2) is 7.26. The normalized spacial score (nSPS) is 10.8. The smallest absolute Gasteiger partial charge is 0.241 e. The van der Waals surface area contributed by atoms with E-state index >= 15 is 0 Å². The van der Waals surface area contributed by atoms with Crippen molar-refractivity contribution in [3.8, 4) is 11.5 Å². The van der Waals surface area contributed by atoms with E-state index in [-0.39, 0.29) is 33.3 Å². The van der Waals surface area contributed by atoms with Gasteiger partial charge < -0.3 is 10.5 Å². The van der Waals surface area contributed by atoms with Gasteiger partial charge in [0.2, 0.25) is 10.0 Å². The topological polar surface area (TPSA) is 95.4 Å². The summed E-state index contributed by atoms with van der Waals surface area (Å²) >= 11 is 3.25. The second-order valence-electron chi connectivity index (χ2n) is 4.11. The number of anilines is 1. The van der Waals surface area contributed by atoms with Crippen LogP contribution >= 0.6 is 32.9 Å². The zero-order chi connectivity index (χ0) is 14.8. The van der Waals surface area contributed by atoms with Crippen LogP contribution < -0.4 is 15.6 Å². The highest BCUT2D eigenvalue weighted by molar-refractivity contribution is 9.08. The number of halogens is 2. The average Bonchev–Trinajstić information content (AvgIpc) is 2.40. The molecule has 114 valence electrons. The molecule has 0 atom stereocenters. The van der Waals surface area contributed by atoms with Crippen molar-refractivity contribution in [2.24, 2.45) is 5.14 Å². The van der Waals surface area contributed by atoms with Crippen LogP contribution in [0.2, 0.25) is 0 Å². The maximum Gasteiger partial charge on any atom is 0.241 e. The maximum absolute atomic E-state index is 11.7. The number of hydrogen-bond donors (Lipinski definition) is 2. The Labute approximate surface area is 142 Å². The molecule has 0 fully saturated rings. The lowest BCUT2D eigenvalue weighted by Crippen LogP contribution is -2.14. The quantitative estimate of drug-likeness (QED) is 0.567. The van der Waals surface area contributed by atoms with Gasteiger partial charge in [-0.1, -0.05) is 34.1 Å². The molecular weight excluding hydrogens is 424 g/mol. The summed E-state index contributed by atoms with van der Waals surface area (Å²) < 4.78 is 28.9. The Balaban J connectivity index is 0.00000220. The second-order valence-corrected chi connectivity index (χ2v) is 6.20. The first-order chi connectivity index (χ1) is 9.41. The van der Waals surface area contributed by atoms with Crippen molar-refractivity contribution >= 4 is 48.6 Å². The van der Waals surface area contributed by atoms with E-state index in [9.17, 15) is 8.42 Å². The van der Waals surface area contributed by atoms with Gasteiger partial charge in [-0.2, -0.15) is 0 Å². The van der Waals surface area contributed by atoms with Gasteiger partial charge in [-0.3, -0.25) is 0 Å². The Morgan fingerprint density at radius 3 is 2.29 bits per heavy atom. The molecule has 0 heterocycles. The molecule has 0 aliphatic carbocycles. The number of ether oxygens (including phenoxy) is 1. The summed E-state index contributed by atoms with van der Waals surface area (Å²) in [4.78, 5) is -0.129. The van der Waals surface area contributed by atoms with Crippen molar-refractivity contribution in [2.45, 2.75) is 10.2 Å². The Morgan fingerprint density at radius 2 is 1.76 bits per heavy atom. The molecular formula is C13H14Br2N2O3S. The van der Waals surface area contributed by atoms with Crippen LogP contribution in [0.5, 0.6) is 11.5 Å². The summed E-state index contributed by atoms with van der Waals surface area (Å²) in [6.07, 6.45) is 0. The fourth-order valence-electron chi connectivity index (χ4n) is 1.69. The van der Waals surface area contributed by atoms with Gasteiger partial charge in [-0.25, -0.2) is 13.6 Å². The minimum Gasteiger partial charge on any atom is -0.454 e. The van der Waals surface area contributed by atoms with Gasteiger partial charge in [0.1, 0.15) is 10.6 Å². The van der Waals surface area contributed by atoms with Crippen LogP contribution in [0.1, 0.15) is 5.56 Å². The van der Waals surface area contributed by atoms with Gasteiger partial charge in [-0.15, -0.1) is 17.0 Å². The largest absolute Gasteiger partial charge is 0.454 e. The van der Waals surface area contributed by atoms with Crippen LogP contribution in [0.3, 0.4) is 0 Å². The zero-order valence-corrected chi connectivity index (χ0v) is 14.9. The van der Waals surface area contributed by atoms with Crippen LogP contribution in [0.4, 0.5) is 5.69 Å². The van der Waals surface area contributed by atoms with Gasteiger partial charge in [0.25, 0.3) is 0 Å². The molecule has 5 nitrogen and oxygen atoms in total. The summed E-state index contributed by atoms with van der Waals surface area (Å²) in [6.45, 7) is 0. The van der Waals surface area contributed by atoms with Gasteiger partial charge in [0.15, 0.2) is 5.75 Å². The fraction of sp³-hybridized carbons (Fsp3) is 0.0769. The Hall–Kier alpha value is -1.09. The molecule has 0 spiro atoms. The van der Waals surface area contributed by atoms with Crippen molar-refractivity contribution in [3.63, 3.8) is 0 Å². The van der Waals surface area contributed by atoms with Crippen molar-refractivity contribution in [3.05, 3.63) is 48.0 Å². The van der Waals surface area contributed by atoms with E-state index in [0.29, 0.717) is 16.6 Å². The Bertz CT molecular complexity index is 722. The Kier molecular flexibility index (Phi) is 6.21. The van der Waals surface area contributed by atoms with Crippen LogP contribution in [-0.4, -0.2) is 8.42 Å². The average molecular weight is 438 g/mol. The number of hydrogen-bond acceptors (Lipinski definition) is 4. The first-order valence-corrected chi connectivity index (χ1v) is 8.32. The molecule has 0 saturated carbocycles. The summed E-state index contributed by atoms with van der Waals surface area (Å²) in [7, 11) is -3.93. The highest BCUT2D eigenvalue weighted by Gasteiger charge is 2.20. The number of sulfonamides is 1. The molecule has 4 N–H and O–H groups in total. The molecule has 0 aliphatic rings. The van der Waals surface area contributed by atoms with E-state index in [0.717, 1.165) is 0 Å². The summed E-state index contributed by atoms with van der Waals surface area (Å²) in [5, 5.41) is 5.69. The number of nitrogen functional groups attached to an aromatic ring is 1. The molecule has 2 aromatic rings. The van der Waals surface area contributed by atoms with E-state index < -0.39 is 10.0 Å². The predicted octanol–water partition coefficient (Wildman–Crippen LogP) is 3.18. The monoisotopic (exact) mass is 436 g/mol. The van der Waals surface area contributed by atoms with Crippen LogP contribution in [0.15, 0.2) is 47.4 Å². The highest BCUT2D eigenvalue weighted by Crippen LogP contribution is 2.35. The number of primary sulfonamides is 1. The lowest BCUT2D eigenvalue weighted by molar-refractivity contribution is 0.470. The van der Waals surface area contributed by atoms with Gasteiger partial charge in [-0.05, 0) is 29.8 Å². The van der Waals surface area contributed by atoms with E-state index in [2.05, 4.69) is 15.9 Å². The van der Waals surface area contributed by atoms with Crippen LogP contribution in [0, 0.1) is 0 Å². The number of benzene rings is 2. The van der Waals surface area contributed by atoms with Crippen LogP contribution in [0.25, 0.3) is 0 Å². The summed E-state index contributed by atoms with van der Waals surface area (Å²) in [5.41, 5.74) is 6.79. The number of rotatable bonds is 4. The standard InChI is InChI=1S/C13H13BrN2O3S.BrH/c14-8-9-6-11(15)13(12(7-9)20(16,17)18)19-10-4-2-1-3-5-10;/h1-7H,8,15H2,(H2,16,17,18);1H. The summed E-state index contributed by atoms with van der Waals surface area (Å²) in [6, 6.07) is 11.9. The lowest BCUT2D eigenvalue weighted by atomic mass is 10.2. The van der Waals surface area contributed by atoms with Crippen molar-refractivity contribution in [1.29, 1.82) is 0 Å². The number of alkyl halides is 1. The minimum absolute atomic E-state index is 0. The van der Waals surface area contributed by atoms with E-state index in [1.165, 1.54) is 6.07 Å². The number of para-hydroxylation sites is 1. The molecule has 0 aromatic heterocycles. The van der Waals surface area contributed by atoms with Crippen molar-refractivity contribution in [2.75, 3.05) is 5.73 Å². The lowest BCUT2D eigenvalue weighted by Gasteiger charge is -2.13. The molecule has 0 amide bonds. The summed E-state index contributed by atoms with van der Waals surface area (Å²) in [5.74, 6) is 0.527. The first-order valence-electron chi connectivity index (χ1n) is 5.66. The molecule has 8 heteroatoms. The maximum atomic E-state index is 11.7. The molecule has 2 aromatic carbocycles. The molecule has 0 saturated heterocycles. The molecule has 0 bridgehead atoms.